The van der Waals surface area contributed by atoms with Gasteiger partial charge in [-0.1, -0.05) is 259 Å². The number of aldehydes is 1. The maximum Gasteiger partial charge on any atom is 0.446 e. The molecule has 0 aliphatic rings. The number of hydrogen-bond acceptors (Lipinski definition) is 16. The first-order valence-corrected chi connectivity index (χ1v) is 41.7. The normalized spacial score (nSPS) is 10.6. The Balaban J connectivity index is 0.000000217. The largest absolute Gasteiger partial charge is 0.446 e. The summed E-state index contributed by atoms with van der Waals surface area (Å²) in [5.41, 5.74) is 26.7. The van der Waals surface area contributed by atoms with Crippen LogP contribution in [0.4, 0.5) is 52.2 Å². The van der Waals surface area contributed by atoms with Gasteiger partial charge in [-0.2, -0.15) is 18.3 Å². The molecule has 0 bridgehead atoms. The average molecular weight is 1970 g/mol. The van der Waals surface area contributed by atoms with Crippen LogP contribution in [0.1, 0.15) is 71.0 Å². The maximum atomic E-state index is 13.2. The summed E-state index contributed by atoms with van der Waals surface area (Å²) >= 11 is 6.98. The molecule has 2 amide bonds. The van der Waals surface area contributed by atoms with Crippen molar-refractivity contribution in [1.29, 1.82) is 0 Å². The summed E-state index contributed by atoms with van der Waals surface area (Å²) < 4.78 is 44.6. The molecule has 0 spiro atoms. The molecule has 5 aromatic heterocycles. The minimum atomic E-state index is -4.64. The van der Waals surface area contributed by atoms with E-state index in [1.807, 2.05) is 219 Å². The number of nitrogen functional groups attached to an aromatic ring is 2. The van der Waals surface area contributed by atoms with Gasteiger partial charge in [-0.25, -0.2) is 9.48 Å². The van der Waals surface area contributed by atoms with Crippen LogP contribution in [0.5, 0.6) is 0 Å². The first-order chi connectivity index (χ1) is 61.2. The van der Waals surface area contributed by atoms with Gasteiger partial charge in [-0.15, -0.1) is 12.4 Å². The van der Waals surface area contributed by atoms with Crippen LogP contribution in [0, 0.1) is 6.92 Å². The fourth-order valence-corrected chi connectivity index (χ4v) is 13.3. The number of aryl methyl sites for hydroxylation is 1. The third kappa shape index (κ3) is 33.1. The number of aromatic nitrogens is 6. The van der Waals surface area contributed by atoms with E-state index in [4.69, 9.17) is 21.4 Å². The number of halogens is 6. The third-order valence-electron chi connectivity index (χ3n) is 18.5. The fraction of sp³-hybridized carbons (Fsp3) is 0.101. The van der Waals surface area contributed by atoms with Crippen LogP contribution in [0.15, 0.2) is 326 Å². The zero-order valence-electron chi connectivity index (χ0n) is 71.7. The minimum absolute atomic E-state index is 0. The van der Waals surface area contributed by atoms with Gasteiger partial charge >= 0.3 is 68.7 Å². The van der Waals surface area contributed by atoms with Crippen molar-refractivity contribution < 1.29 is 67.6 Å². The van der Waals surface area contributed by atoms with Gasteiger partial charge in [0.2, 0.25) is 6.29 Å². The molecule has 16 rings (SSSR count). The van der Waals surface area contributed by atoms with Crippen LogP contribution in [0.3, 0.4) is 0 Å². The Kier molecular flexibility index (Phi) is 42.5. The van der Waals surface area contributed by atoms with Crippen LogP contribution in [-0.4, -0.2) is 93.5 Å². The zero-order valence-corrected chi connectivity index (χ0v) is 77.2. The molecule has 0 fully saturated rings. The van der Waals surface area contributed by atoms with Crippen molar-refractivity contribution in [2.75, 3.05) is 39.1 Å². The van der Waals surface area contributed by atoms with Gasteiger partial charge in [-0.3, -0.25) is 30.0 Å². The second-order valence-corrected chi connectivity index (χ2v) is 30.7. The number of nitrogens with two attached hydrogens (primary N) is 2. The van der Waals surface area contributed by atoms with Crippen molar-refractivity contribution in [3.63, 3.8) is 0 Å². The number of urea groups is 1. The molecule has 5 heterocycles. The van der Waals surface area contributed by atoms with Gasteiger partial charge in [-0.05, 0) is 190 Å². The van der Waals surface area contributed by atoms with Gasteiger partial charge in [0, 0.05) is 140 Å². The fourth-order valence-electron chi connectivity index (χ4n) is 12.4. The Labute approximate surface area is 788 Å². The molecule has 16 aromatic rings. The smallest absolute Gasteiger partial charge is 0.398 e. The molecule has 1 radical (unpaired) electrons. The molecule has 19 nitrogen and oxygen atoms in total. The Hall–Kier alpha value is -12.8. The second kappa shape index (κ2) is 53.1. The van der Waals surface area contributed by atoms with Gasteiger partial charge < -0.3 is 37.3 Å². The van der Waals surface area contributed by atoms with E-state index < -0.39 is 26.6 Å². The number of pyridine rings is 4. The second-order valence-electron chi connectivity index (χ2n) is 29.0. The number of carbonyl (C=O) groups excluding carboxylic acids is 2. The number of anilines is 6. The summed E-state index contributed by atoms with van der Waals surface area (Å²) in [5.74, 6) is 0.609. The standard InChI is InChI=1S/C32H31N5O.C18H17BN2O.C17H14N2.C11H11BBrNO.C10H8BrN.C7H7N.C2H5B2O3.C2HF3O.ClH.Pd/c1-22-9-14-25(15-10-22)37-30(21-29(36-37)32(2,3)4)35-31(38)34-28-16-13-24(26-7-5-6-8-27(26)28)12-11-23-17-19-33-20-18-23;1-19(22)21-18-9-8-15(16-4-2-3-5-17(16)18)7-6-14-10-12-20-13-11-14;18-17-8-7-14(15-3-1-2-4-16(15)17)6-5-13-9-11-19-12-10-13;1-12(15)14-11-7-6-10(13)8-4-2-3-5-9(8)11;11-9-5-6-10(12)8-4-2-1-3-7(8)9;1-2-7-3-5-8-6-4-7;1-3-7-6-2-4-5;3-2(4,5)1-6;;/h5-21H,1-4H3,(H2,34,35,38);2-13,21-22H,1H3;1-12H,18H2;2-7,14-15H,1H3;1-6H,12H2;2-6H,1H2;2H2,1H3;1H;1H;/b12-11+;7-6+;6-5+;;;;;;;. The number of rotatable bonds is 18. The zero-order chi connectivity index (χ0) is 91.1. The van der Waals surface area contributed by atoms with Crippen molar-refractivity contribution in [3.05, 3.63) is 376 Å². The molecule has 10 N–H and O–H groups in total. The number of nitrogens with zero attached hydrogens (tertiary/aromatic N) is 6. The summed E-state index contributed by atoms with van der Waals surface area (Å²) in [5, 5.41) is 46.9. The summed E-state index contributed by atoms with van der Waals surface area (Å²) in [6.07, 6.45) is 22.8. The topological polar surface area (TPSA) is 280 Å². The van der Waals surface area contributed by atoms with E-state index in [9.17, 15) is 32.7 Å². The first-order valence-electron chi connectivity index (χ1n) is 40.1. The molecule has 0 aliphatic heterocycles. The summed E-state index contributed by atoms with van der Waals surface area (Å²) in [4.78, 5) is 46.3. The SMILES string of the molecule is C=Cc1ccncc1.CB(O)Nc1ccc(/C=C/c2ccncc2)c2ccccc12.CB(O)Nc1ccc(Br)c2ccccc12.C[B]OOCB=O.Cc1ccc(-n2nc(C(C)(C)C)cc2NC(=O)Nc2ccc(/C=C/c3ccncc3)c3ccccc23)cc1.Cl.Nc1ccc(/C=C/c2ccncc2)c2ccccc12.Nc1ccc(Br)c2ccccc12.O=CC(F)(F)F.[Pd]. The molecule has 129 heavy (non-hydrogen) atoms. The molecular weight excluding hydrogens is 1870 g/mol. The number of fused-ring (bicyclic) bond motifs is 5. The van der Waals surface area contributed by atoms with E-state index in [1.54, 1.807) is 80.8 Å². The number of amides is 2. The van der Waals surface area contributed by atoms with E-state index in [0.717, 1.165) is 136 Å². The van der Waals surface area contributed by atoms with Crippen LogP contribution in [0.25, 0.3) is 102 Å². The van der Waals surface area contributed by atoms with Gasteiger partial charge in [0.05, 0.1) is 17.1 Å². The molecule has 0 atom stereocenters. The number of carbonyl (C=O) groups is 2. The van der Waals surface area contributed by atoms with E-state index in [0.29, 0.717) is 13.0 Å². The third-order valence-corrected chi connectivity index (χ3v) is 19.9. The monoisotopic (exact) mass is 1960 g/mol. The molecule has 0 aliphatic carbocycles. The van der Waals surface area contributed by atoms with E-state index >= 15 is 0 Å². The molecule has 657 valence electrons. The summed E-state index contributed by atoms with van der Waals surface area (Å²) in [7, 11) is 0.837. The molecule has 11 aromatic carbocycles. The molecule has 0 unspecified atom stereocenters. The molecule has 0 saturated carbocycles. The van der Waals surface area contributed by atoms with Crippen molar-refractivity contribution in [2.24, 2.45) is 0 Å². The van der Waals surface area contributed by atoms with Crippen LogP contribution in [0.2, 0.25) is 20.5 Å². The van der Waals surface area contributed by atoms with E-state index in [2.05, 4.69) is 195 Å². The average Bonchev–Trinajstić information content (AvgIpc) is 1.55. The Morgan fingerprint density at radius 3 is 1.22 bits per heavy atom. The first kappa shape index (κ1) is 103. The molecule has 30 heteroatoms. The Bertz CT molecular complexity index is 6320. The summed E-state index contributed by atoms with van der Waals surface area (Å²) in [6.45, 7) is 17.0. The van der Waals surface area contributed by atoms with Crippen LogP contribution < -0.4 is 32.6 Å². The van der Waals surface area contributed by atoms with Gasteiger partial charge in [0.1, 0.15) is 5.82 Å². The molecule has 0 saturated heterocycles. The maximum absolute atomic E-state index is 13.2. The van der Waals surface area contributed by atoms with Crippen molar-refractivity contribution in [2.45, 2.75) is 59.8 Å². The predicted molar refractivity (Wildman–Crippen MR) is 537 cm³/mol. The van der Waals surface area contributed by atoms with Crippen molar-refractivity contribution >= 4 is 216 Å². The number of benzene rings is 11. The number of alkyl halides is 3. The van der Waals surface area contributed by atoms with E-state index in [-0.39, 0.29) is 50.8 Å². The summed E-state index contributed by atoms with van der Waals surface area (Å²) in [6, 6.07) is 85.8. The van der Waals surface area contributed by atoms with Gasteiger partial charge in [0.15, 0.2) is 0 Å². The predicted octanol–water partition coefficient (Wildman–Crippen LogP) is 24.6. The van der Waals surface area contributed by atoms with Crippen LogP contribution in [-0.2, 0) is 45.0 Å². The Morgan fingerprint density at radius 1 is 0.496 bits per heavy atom. The number of nitrogens with one attached hydrogen (secondary N) is 4. The van der Waals surface area contributed by atoms with Gasteiger partial charge in [0.25, 0.3) is 0 Å². The van der Waals surface area contributed by atoms with Crippen molar-refractivity contribution in [1.82, 2.24) is 29.7 Å². The number of hydrogen-bond donors (Lipinski definition) is 8. The van der Waals surface area contributed by atoms with E-state index in [1.165, 1.54) is 18.4 Å². The quantitative estimate of drug-likeness (QED) is 0.00990. The minimum Gasteiger partial charge on any atom is -0.398 e. The molecular formula is C99H95B4Br2ClF3N12O7Pd. The van der Waals surface area contributed by atoms with Crippen molar-refractivity contribution in [3.8, 4) is 5.69 Å². The Morgan fingerprint density at radius 2 is 0.837 bits per heavy atom. The van der Waals surface area contributed by atoms with Crippen LogP contribution >= 0.6 is 44.3 Å².